The number of nitrogen functional groups attached to an aromatic ring is 1. The molecule has 4 heterocycles. The van der Waals surface area contributed by atoms with Crippen LogP contribution in [0.3, 0.4) is 0 Å². The summed E-state index contributed by atoms with van der Waals surface area (Å²) in [7, 11) is -0.601. The van der Waals surface area contributed by atoms with Crippen LogP contribution in [0.5, 0.6) is 0 Å². The fraction of sp³-hybridized carbons (Fsp3) is 0.238. The van der Waals surface area contributed by atoms with Gasteiger partial charge in [0.15, 0.2) is 0 Å². The Hall–Kier alpha value is -2.15. The van der Waals surface area contributed by atoms with Gasteiger partial charge in [0.25, 0.3) is 0 Å². The lowest BCUT2D eigenvalue weighted by Gasteiger charge is -2.21. The summed E-state index contributed by atoms with van der Waals surface area (Å²) in [5.74, 6) is 0. The molecule has 2 aliphatic rings. The van der Waals surface area contributed by atoms with Crippen molar-refractivity contribution in [2.75, 3.05) is 18.8 Å². The van der Waals surface area contributed by atoms with Gasteiger partial charge in [-0.15, -0.1) is 11.3 Å². The van der Waals surface area contributed by atoms with Gasteiger partial charge in [-0.25, -0.2) is 9.98 Å². The van der Waals surface area contributed by atoms with Crippen molar-refractivity contribution in [2.24, 2.45) is 4.99 Å². The Bertz CT molecular complexity index is 1100. The van der Waals surface area contributed by atoms with Crippen LogP contribution in [0.1, 0.15) is 18.7 Å². The van der Waals surface area contributed by atoms with E-state index in [1.807, 2.05) is 29.7 Å². The van der Waals surface area contributed by atoms with Crippen LogP contribution in [-0.2, 0) is 0 Å². The van der Waals surface area contributed by atoms with Gasteiger partial charge < -0.3 is 5.73 Å². The number of likely N-dealkylation sites (N-methyl/N-ethyl adjacent to an activating group) is 1. The molecule has 0 saturated carbocycles. The smallest absolute Gasteiger partial charge is 0.124 e. The van der Waals surface area contributed by atoms with E-state index in [-0.39, 0.29) is 0 Å². The minimum Gasteiger partial charge on any atom is -0.399 e. The molecule has 0 radical (unpaired) electrons. The van der Waals surface area contributed by atoms with Gasteiger partial charge in [-0.1, -0.05) is 13.0 Å². The first kappa shape index (κ1) is 17.0. The Balaban J connectivity index is 1.58. The predicted molar refractivity (Wildman–Crippen MR) is 119 cm³/mol. The van der Waals surface area contributed by atoms with Crippen molar-refractivity contribution in [3.05, 3.63) is 47.5 Å². The third-order valence-corrected chi connectivity index (χ3v) is 8.72. The molecule has 0 spiro atoms. The zero-order chi connectivity index (χ0) is 18.5. The second kappa shape index (κ2) is 6.48. The molecule has 2 aliphatic heterocycles. The number of hydrogen-bond donors (Lipinski definition) is 2. The van der Waals surface area contributed by atoms with Crippen LogP contribution < -0.4 is 5.73 Å². The second-order valence-corrected chi connectivity index (χ2v) is 9.91. The van der Waals surface area contributed by atoms with Crippen LogP contribution >= 0.6 is 22.2 Å². The van der Waals surface area contributed by atoms with E-state index in [2.05, 4.69) is 58.5 Å². The maximum absolute atomic E-state index is 5.93. The molecule has 4 nitrogen and oxygen atoms in total. The van der Waals surface area contributed by atoms with Crippen LogP contribution in [0, 0.1) is 0 Å². The quantitative estimate of drug-likeness (QED) is 0.481. The second-order valence-electron chi connectivity index (χ2n) is 6.95. The van der Waals surface area contributed by atoms with Gasteiger partial charge >= 0.3 is 0 Å². The molecule has 6 heteroatoms. The van der Waals surface area contributed by atoms with E-state index >= 15 is 0 Å². The van der Waals surface area contributed by atoms with Crippen LogP contribution in [0.2, 0.25) is 0 Å². The lowest BCUT2D eigenvalue weighted by molar-refractivity contribution is 0.307. The van der Waals surface area contributed by atoms with Crippen molar-refractivity contribution in [1.29, 1.82) is 0 Å². The first-order valence-corrected chi connectivity index (χ1v) is 11.4. The Morgan fingerprint density at radius 3 is 2.96 bits per heavy atom. The summed E-state index contributed by atoms with van der Waals surface area (Å²) < 4.78 is 0. The summed E-state index contributed by atoms with van der Waals surface area (Å²) in [6.45, 7) is 6.65. The summed E-state index contributed by atoms with van der Waals surface area (Å²) in [6, 6.07) is 11.0. The van der Waals surface area contributed by atoms with Gasteiger partial charge in [0.1, 0.15) is 4.83 Å². The van der Waals surface area contributed by atoms with Crippen LogP contribution in [0.25, 0.3) is 15.8 Å². The maximum atomic E-state index is 5.93. The van der Waals surface area contributed by atoms with Gasteiger partial charge in [0.05, 0.1) is 5.69 Å². The number of hydrogen-bond acceptors (Lipinski definition) is 5. The summed E-state index contributed by atoms with van der Waals surface area (Å²) in [5.41, 5.74) is 11.2. The molecule has 0 bridgehead atoms. The normalized spacial score (nSPS) is 23.1. The van der Waals surface area contributed by atoms with Gasteiger partial charge in [-0.05, 0) is 49.4 Å². The number of aliphatic imine (C=N–C) groups is 1. The molecule has 138 valence electrons. The highest BCUT2D eigenvalue weighted by Gasteiger charge is 2.26. The Morgan fingerprint density at radius 1 is 1.26 bits per heavy atom. The predicted octanol–water partition coefficient (Wildman–Crippen LogP) is 5.08. The van der Waals surface area contributed by atoms with Crippen molar-refractivity contribution in [2.45, 2.75) is 29.7 Å². The molecule has 0 fully saturated rings. The lowest BCUT2D eigenvalue weighted by Crippen LogP contribution is -2.28. The minimum absolute atomic E-state index is 0.467. The van der Waals surface area contributed by atoms with Crippen LogP contribution in [-0.4, -0.2) is 34.6 Å². The number of anilines is 1. The van der Waals surface area contributed by atoms with Gasteiger partial charge in [0, 0.05) is 50.1 Å². The average Bonchev–Trinajstić information content (AvgIpc) is 3.36. The fourth-order valence-electron chi connectivity index (χ4n) is 3.95. The molecule has 2 atom stereocenters. The molecule has 1 aromatic carbocycles. The number of aromatic nitrogens is 1. The van der Waals surface area contributed by atoms with Crippen molar-refractivity contribution in [3.8, 4) is 0 Å². The Kier molecular flexibility index (Phi) is 4.07. The van der Waals surface area contributed by atoms with Crippen molar-refractivity contribution < 1.29 is 0 Å². The number of nitrogens with zero attached hydrogens (tertiary/aromatic N) is 3. The van der Waals surface area contributed by atoms with E-state index in [9.17, 15) is 0 Å². The first-order valence-electron chi connectivity index (χ1n) is 9.21. The van der Waals surface area contributed by atoms with E-state index < -0.39 is 10.9 Å². The summed E-state index contributed by atoms with van der Waals surface area (Å²) >= 11 is 1.81. The third-order valence-electron chi connectivity index (χ3n) is 5.48. The molecule has 27 heavy (non-hydrogen) atoms. The van der Waals surface area contributed by atoms with Crippen LogP contribution in [0.4, 0.5) is 11.4 Å². The molecule has 2 N–H and O–H groups in total. The largest absolute Gasteiger partial charge is 0.399 e. The van der Waals surface area contributed by atoms with Crippen molar-refractivity contribution in [1.82, 2.24) is 9.88 Å². The van der Waals surface area contributed by atoms with E-state index in [4.69, 9.17) is 5.73 Å². The molecule has 5 rings (SSSR count). The number of pyridine rings is 1. The number of nitrogens with two attached hydrogens (primary N) is 1. The van der Waals surface area contributed by atoms with E-state index in [1.165, 1.54) is 25.6 Å². The average molecular weight is 395 g/mol. The fourth-order valence-corrected chi connectivity index (χ4v) is 7.19. The third kappa shape index (κ3) is 2.71. The van der Waals surface area contributed by atoms with Crippen molar-refractivity contribution in [3.63, 3.8) is 0 Å². The summed E-state index contributed by atoms with van der Waals surface area (Å²) in [6.07, 6.45) is 4.31. The SMILES string of the molecule is CCN1CC=C(c2cc3c([SH]4C=Nc5cc(N)ccc54)ccnc3s2)C1C. The lowest BCUT2D eigenvalue weighted by atomic mass is 10.1. The topological polar surface area (TPSA) is 54.5 Å². The molecule has 0 amide bonds. The van der Waals surface area contributed by atoms with Crippen molar-refractivity contribution >= 4 is 54.9 Å². The van der Waals surface area contributed by atoms with E-state index in [1.54, 1.807) is 0 Å². The Labute approximate surface area is 165 Å². The number of thiol groups is 1. The maximum Gasteiger partial charge on any atom is 0.124 e. The minimum atomic E-state index is -0.601. The number of fused-ring (bicyclic) bond motifs is 2. The monoisotopic (exact) mass is 394 g/mol. The molecule has 2 aromatic heterocycles. The van der Waals surface area contributed by atoms with Crippen LogP contribution in [0.15, 0.2) is 57.4 Å². The number of thiophene rings is 1. The molecule has 2 unspecified atom stereocenters. The number of rotatable bonds is 3. The zero-order valence-electron chi connectivity index (χ0n) is 15.4. The Morgan fingerprint density at radius 2 is 2.15 bits per heavy atom. The molecule has 3 aromatic rings. The van der Waals surface area contributed by atoms with Gasteiger partial charge in [0.2, 0.25) is 0 Å². The highest BCUT2D eigenvalue weighted by molar-refractivity contribution is 8.29. The van der Waals surface area contributed by atoms with Gasteiger partial charge in [-0.2, -0.15) is 10.9 Å². The van der Waals surface area contributed by atoms with E-state index in [0.717, 1.165) is 29.3 Å². The zero-order valence-corrected chi connectivity index (χ0v) is 17.1. The first-order chi connectivity index (χ1) is 13.2. The molecular weight excluding hydrogens is 372 g/mol. The standard InChI is InChI=1S/C21H22N4S2/c1-3-25-9-7-15(13(25)2)18-11-16-19(6-8-23-21(16)26-18)27-12-24-17-10-14(22)4-5-20(17)27/h4-8,10-13,27H,3,9,22H2,1-2H3. The molecule has 0 aliphatic carbocycles. The highest BCUT2D eigenvalue weighted by Crippen LogP contribution is 2.54. The highest BCUT2D eigenvalue weighted by atomic mass is 32.2. The van der Waals surface area contributed by atoms with E-state index in [0.29, 0.717) is 6.04 Å². The molecular formula is C21H22N4S2. The number of benzene rings is 1. The summed E-state index contributed by atoms with van der Waals surface area (Å²) in [5, 5.41) is 1.27. The van der Waals surface area contributed by atoms with Gasteiger partial charge in [-0.3, -0.25) is 4.90 Å². The summed E-state index contributed by atoms with van der Waals surface area (Å²) in [4.78, 5) is 16.9. The molecule has 0 saturated heterocycles.